The van der Waals surface area contributed by atoms with Gasteiger partial charge in [-0.2, -0.15) is 0 Å². The lowest BCUT2D eigenvalue weighted by atomic mass is 10.0. The SMILES string of the molecule is CC(O)C(N)C(=O)N1CCCC1C(=O)NC(CCCN=C(N)N)C(=O)NC(Cc1ccccc1)C(=O)O. The number of hydrogen-bond donors (Lipinski definition) is 7. The summed E-state index contributed by atoms with van der Waals surface area (Å²) in [5.74, 6) is -3.15. The third-order valence-electron chi connectivity index (χ3n) is 6.12. The molecule has 0 radical (unpaired) electrons. The molecule has 1 aliphatic heterocycles. The van der Waals surface area contributed by atoms with Gasteiger partial charge in [-0.25, -0.2) is 4.79 Å². The first-order valence-electron chi connectivity index (χ1n) is 12.2. The van der Waals surface area contributed by atoms with Crippen LogP contribution in [0, 0.1) is 0 Å². The summed E-state index contributed by atoms with van der Waals surface area (Å²) in [4.78, 5) is 56.0. The fourth-order valence-corrected chi connectivity index (χ4v) is 4.06. The van der Waals surface area contributed by atoms with Gasteiger partial charge in [-0.15, -0.1) is 0 Å². The Morgan fingerprint density at radius 3 is 2.41 bits per heavy atom. The van der Waals surface area contributed by atoms with Crippen molar-refractivity contribution >= 4 is 29.7 Å². The number of carbonyl (C=O) groups is 4. The van der Waals surface area contributed by atoms with Gasteiger partial charge in [0.2, 0.25) is 17.7 Å². The van der Waals surface area contributed by atoms with Crippen molar-refractivity contribution in [3.05, 3.63) is 35.9 Å². The minimum absolute atomic E-state index is 0.0543. The fraction of sp³-hybridized carbons (Fsp3) is 0.542. The van der Waals surface area contributed by atoms with Crippen LogP contribution in [0.5, 0.6) is 0 Å². The summed E-state index contributed by atoms with van der Waals surface area (Å²) < 4.78 is 0. The standard InChI is InChI=1S/C24H37N7O6/c1-14(32)19(25)22(35)31-12-6-10-18(31)21(34)29-16(9-5-11-28-24(26)27)20(33)30-17(23(36)37)13-15-7-3-2-4-8-15/h2-4,7-8,14,16-19,32H,5-6,9-13,25H2,1H3,(H,29,34)(H,30,33)(H,36,37)(H4,26,27,28). The van der Waals surface area contributed by atoms with Gasteiger partial charge in [0.15, 0.2) is 5.96 Å². The number of aliphatic imine (C=N–C) groups is 1. The van der Waals surface area contributed by atoms with E-state index >= 15 is 0 Å². The predicted octanol–water partition coefficient (Wildman–Crippen LogP) is -1.96. The first kappa shape index (κ1) is 29.5. The minimum Gasteiger partial charge on any atom is -0.480 e. The molecule has 10 N–H and O–H groups in total. The van der Waals surface area contributed by atoms with Crippen molar-refractivity contribution in [3.63, 3.8) is 0 Å². The highest BCUT2D eigenvalue weighted by molar-refractivity contribution is 5.94. The molecule has 0 saturated carbocycles. The number of aliphatic hydroxyl groups excluding tert-OH is 1. The maximum absolute atomic E-state index is 13.1. The molecule has 0 aliphatic carbocycles. The van der Waals surface area contributed by atoms with E-state index in [1.807, 2.05) is 0 Å². The van der Waals surface area contributed by atoms with Gasteiger partial charge >= 0.3 is 5.97 Å². The number of carboxylic acid groups (broad SMARTS) is 1. The molecule has 3 amide bonds. The molecule has 37 heavy (non-hydrogen) atoms. The number of aliphatic carboxylic acids is 1. The summed E-state index contributed by atoms with van der Waals surface area (Å²) in [7, 11) is 0. The van der Waals surface area contributed by atoms with Crippen molar-refractivity contribution in [1.29, 1.82) is 0 Å². The third kappa shape index (κ3) is 9.03. The fourth-order valence-electron chi connectivity index (χ4n) is 4.06. The molecule has 204 valence electrons. The van der Waals surface area contributed by atoms with Gasteiger partial charge in [0.1, 0.15) is 24.2 Å². The smallest absolute Gasteiger partial charge is 0.326 e. The molecule has 2 rings (SSSR count). The lowest BCUT2D eigenvalue weighted by molar-refractivity contribution is -0.143. The molecular formula is C24H37N7O6. The molecule has 13 heteroatoms. The van der Waals surface area contributed by atoms with Crippen molar-refractivity contribution in [2.75, 3.05) is 13.1 Å². The van der Waals surface area contributed by atoms with Crippen LogP contribution in [0.25, 0.3) is 0 Å². The Morgan fingerprint density at radius 2 is 1.81 bits per heavy atom. The second-order valence-corrected chi connectivity index (χ2v) is 9.06. The monoisotopic (exact) mass is 519 g/mol. The van der Waals surface area contributed by atoms with Crippen LogP contribution in [0.1, 0.15) is 38.2 Å². The van der Waals surface area contributed by atoms with Crippen LogP contribution in [-0.4, -0.2) is 88.1 Å². The third-order valence-corrected chi connectivity index (χ3v) is 6.12. The zero-order valence-electron chi connectivity index (χ0n) is 20.9. The van der Waals surface area contributed by atoms with Gasteiger partial charge in [-0.3, -0.25) is 19.4 Å². The topological polar surface area (TPSA) is 226 Å². The largest absolute Gasteiger partial charge is 0.480 e. The Kier molecular flexibility index (Phi) is 11.3. The Labute approximate surface area is 215 Å². The van der Waals surface area contributed by atoms with Crippen molar-refractivity contribution in [2.24, 2.45) is 22.2 Å². The molecule has 1 saturated heterocycles. The van der Waals surface area contributed by atoms with Gasteiger partial charge in [-0.05, 0) is 38.2 Å². The van der Waals surface area contributed by atoms with Crippen LogP contribution >= 0.6 is 0 Å². The molecule has 1 aromatic rings. The van der Waals surface area contributed by atoms with Crippen molar-refractivity contribution < 1.29 is 29.4 Å². The molecule has 1 aliphatic rings. The van der Waals surface area contributed by atoms with Gasteiger partial charge in [0, 0.05) is 19.5 Å². The number of rotatable bonds is 13. The van der Waals surface area contributed by atoms with Gasteiger partial charge in [0.05, 0.1) is 6.10 Å². The van der Waals surface area contributed by atoms with Crippen LogP contribution in [0.4, 0.5) is 0 Å². The number of nitrogens with two attached hydrogens (primary N) is 3. The highest BCUT2D eigenvalue weighted by Crippen LogP contribution is 2.19. The molecule has 5 unspecified atom stereocenters. The van der Waals surface area contributed by atoms with E-state index in [1.54, 1.807) is 30.3 Å². The maximum atomic E-state index is 13.1. The van der Waals surface area contributed by atoms with E-state index in [0.29, 0.717) is 19.3 Å². The minimum atomic E-state index is -1.22. The van der Waals surface area contributed by atoms with E-state index in [0.717, 1.165) is 5.56 Å². The number of guanidine groups is 1. The number of nitrogens with one attached hydrogen (secondary N) is 2. The van der Waals surface area contributed by atoms with Crippen LogP contribution in [0.3, 0.4) is 0 Å². The average Bonchev–Trinajstić information content (AvgIpc) is 3.35. The molecule has 1 aromatic carbocycles. The van der Waals surface area contributed by atoms with E-state index in [4.69, 9.17) is 17.2 Å². The molecule has 13 nitrogen and oxygen atoms in total. The van der Waals surface area contributed by atoms with Crippen molar-refractivity contribution in [3.8, 4) is 0 Å². The number of nitrogens with zero attached hydrogens (tertiary/aromatic N) is 2. The summed E-state index contributed by atoms with van der Waals surface area (Å²) in [5, 5.41) is 24.5. The summed E-state index contributed by atoms with van der Waals surface area (Å²) in [5.41, 5.74) is 17.2. The van der Waals surface area contributed by atoms with Crippen LogP contribution in [-0.2, 0) is 25.6 Å². The highest BCUT2D eigenvalue weighted by atomic mass is 16.4. The van der Waals surface area contributed by atoms with Gasteiger partial charge < -0.3 is 42.9 Å². The zero-order valence-corrected chi connectivity index (χ0v) is 20.9. The maximum Gasteiger partial charge on any atom is 0.326 e. The van der Waals surface area contributed by atoms with E-state index in [-0.39, 0.29) is 31.9 Å². The second-order valence-electron chi connectivity index (χ2n) is 9.06. The first-order chi connectivity index (χ1) is 17.5. The summed E-state index contributed by atoms with van der Waals surface area (Å²) >= 11 is 0. The van der Waals surface area contributed by atoms with E-state index in [2.05, 4.69) is 15.6 Å². The summed E-state index contributed by atoms with van der Waals surface area (Å²) in [6.07, 6.45) is 0.322. The summed E-state index contributed by atoms with van der Waals surface area (Å²) in [6.45, 7) is 1.88. The highest BCUT2D eigenvalue weighted by Gasteiger charge is 2.38. The Bertz CT molecular complexity index is 968. The van der Waals surface area contributed by atoms with Crippen LogP contribution in [0.15, 0.2) is 35.3 Å². The molecule has 0 aromatic heterocycles. The molecule has 1 heterocycles. The Hall–Kier alpha value is -3.71. The zero-order chi connectivity index (χ0) is 27.5. The predicted molar refractivity (Wildman–Crippen MR) is 136 cm³/mol. The number of carbonyl (C=O) groups excluding carboxylic acids is 3. The van der Waals surface area contributed by atoms with Gasteiger partial charge in [0.25, 0.3) is 0 Å². The number of amides is 3. The van der Waals surface area contributed by atoms with Gasteiger partial charge in [-0.1, -0.05) is 30.3 Å². The summed E-state index contributed by atoms with van der Waals surface area (Å²) in [6, 6.07) is 4.46. The number of hydrogen-bond acceptors (Lipinski definition) is 7. The first-order valence-corrected chi connectivity index (χ1v) is 12.2. The quantitative estimate of drug-likeness (QED) is 0.0870. The molecular weight excluding hydrogens is 482 g/mol. The lowest BCUT2D eigenvalue weighted by Crippen LogP contribution is -2.57. The Balaban J connectivity index is 2.15. The lowest BCUT2D eigenvalue weighted by Gasteiger charge is -2.29. The molecule has 0 bridgehead atoms. The number of aliphatic hydroxyl groups is 1. The molecule has 1 fully saturated rings. The average molecular weight is 520 g/mol. The molecule has 5 atom stereocenters. The number of benzene rings is 1. The van der Waals surface area contributed by atoms with Crippen molar-refractivity contribution in [2.45, 2.75) is 69.3 Å². The van der Waals surface area contributed by atoms with E-state index in [9.17, 15) is 29.4 Å². The number of likely N-dealkylation sites (tertiary alicyclic amines) is 1. The van der Waals surface area contributed by atoms with Crippen LogP contribution in [0.2, 0.25) is 0 Å². The Morgan fingerprint density at radius 1 is 1.14 bits per heavy atom. The van der Waals surface area contributed by atoms with E-state index < -0.39 is 54.0 Å². The van der Waals surface area contributed by atoms with Crippen LogP contribution < -0.4 is 27.8 Å². The normalized spacial score (nSPS) is 18.2. The van der Waals surface area contributed by atoms with Crippen molar-refractivity contribution in [1.82, 2.24) is 15.5 Å². The number of carboxylic acids is 1. The second kappa shape index (κ2) is 14.1. The molecule has 0 spiro atoms. The van der Waals surface area contributed by atoms with E-state index in [1.165, 1.54) is 11.8 Å².